The molecule has 3 aromatic rings. The van der Waals surface area contributed by atoms with Crippen molar-refractivity contribution in [2.45, 2.75) is 19.3 Å². The number of halogens is 1. The van der Waals surface area contributed by atoms with Crippen molar-refractivity contribution in [1.29, 1.82) is 5.41 Å². The molecule has 1 aromatic heterocycles. The second-order valence-electron chi connectivity index (χ2n) is 8.13. The van der Waals surface area contributed by atoms with Crippen molar-refractivity contribution in [2.75, 3.05) is 30.8 Å². The number of benzene rings is 2. The lowest BCUT2D eigenvalue weighted by atomic mass is 10.1. The van der Waals surface area contributed by atoms with E-state index in [0.717, 1.165) is 31.5 Å². The average molecular weight is 492 g/mol. The zero-order chi connectivity index (χ0) is 24.8. The number of carbonyl (C=O) groups excluding carboxylic acids is 2. The molecular formula is C26H26ClN5O3. The molecule has 0 atom stereocenters. The van der Waals surface area contributed by atoms with Crippen LogP contribution in [0.4, 0.5) is 11.5 Å². The highest BCUT2D eigenvalue weighted by molar-refractivity contribution is 6.30. The zero-order valence-electron chi connectivity index (χ0n) is 19.3. The van der Waals surface area contributed by atoms with Crippen LogP contribution in [-0.4, -0.2) is 47.7 Å². The number of para-hydroxylation sites is 1. The second-order valence-corrected chi connectivity index (χ2v) is 8.56. The third-order valence-corrected chi connectivity index (χ3v) is 6.01. The summed E-state index contributed by atoms with van der Waals surface area (Å²) in [5.41, 5.74) is 1.63. The SMILES string of the molecule is COc1cccc(C(=O)Nc2ccc(Cl)cn2)c1NC(=O)c1ccc(C(=N)N2CCCCC2)cc1. The molecule has 1 saturated heterocycles. The van der Waals surface area contributed by atoms with E-state index in [4.69, 9.17) is 21.7 Å². The first-order chi connectivity index (χ1) is 17.0. The quantitative estimate of drug-likeness (QED) is 0.330. The number of carbonyl (C=O) groups is 2. The molecule has 180 valence electrons. The Hall–Kier alpha value is -3.91. The fraction of sp³-hybridized carbons (Fsp3) is 0.231. The minimum Gasteiger partial charge on any atom is -0.495 e. The first-order valence-corrected chi connectivity index (χ1v) is 11.7. The van der Waals surface area contributed by atoms with E-state index in [0.29, 0.717) is 28.0 Å². The lowest BCUT2D eigenvalue weighted by Crippen LogP contribution is -2.35. The number of nitrogens with one attached hydrogen (secondary N) is 3. The fourth-order valence-electron chi connectivity index (χ4n) is 3.92. The molecule has 2 aromatic carbocycles. The van der Waals surface area contributed by atoms with Crippen molar-refractivity contribution in [1.82, 2.24) is 9.88 Å². The molecule has 0 saturated carbocycles. The number of rotatable bonds is 6. The van der Waals surface area contributed by atoms with Crippen molar-refractivity contribution in [2.24, 2.45) is 0 Å². The number of amidine groups is 1. The van der Waals surface area contributed by atoms with E-state index in [2.05, 4.69) is 20.5 Å². The van der Waals surface area contributed by atoms with Crippen molar-refractivity contribution >= 4 is 40.8 Å². The number of ether oxygens (including phenoxy) is 1. The largest absolute Gasteiger partial charge is 0.495 e. The Morgan fingerprint density at radius 2 is 1.66 bits per heavy atom. The Morgan fingerprint density at radius 3 is 2.31 bits per heavy atom. The van der Waals surface area contributed by atoms with Gasteiger partial charge in [0.05, 0.1) is 23.4 Å². The van der Waals surface area contributed by atoms with Crippen molar-refractivity contribution in [3.05, 3.63) is 82.5 Å². The smallest absolute Gasteiger partial charge is 0.259 e. The number of methoxy groups -OCH3 is 1. The predicted molar refractivity (Wildman–Crippen MR) is 137 cm³/mol. The van der Waals surface area contributed by atoms with Crippen LogP contribution in [0.25, 0.3) is 0 Å². The van der Waals surface area contributed by atoms with Crippen molar-refractivity contribution < 1.29 is 14.3 Å². The first-order valence-electron chi connectivity index (χ1n) is 11.3. The minimum atomic E-state index is -0.459. The van der Waals surface area contributed by atoms with Crippen LogP contribution in [0.1, 0.15) is 45.5 Å². The van der Waals surface area contributed by atoms with Gasteiger partial charge in [-0.2, -0.15) is 0 Å². The van der Waals surface area contributed by atoms with Crippen molar-refractivity contribution in [3.8, 4) is 5.75 Å². The van der Waals surface area contributed by atoms with Crippen LogP contribution < -0.4 is 15.4 Å². The third kappa shape index (κ3) is 5.78. The summed E-state index contributed by atoms with van der Waals surface area (Å²) in [4.78, 5) is 32.1. The number of pyridine rings is 1. The van der Waals surface area contributed by atoms with Crippen LogP contribution in [0, 0.1) is 5.41 Å². The van der Waals surface area contributed by atoms with Crippen LogP contribution in [0.15, 0.2) is 60.8 Å². The van der Waals surface area contributed by atoms with Gasteiger partial charge in [0.2, 0.25) is 0 Å². The molecule has 3 N–H and O–H groups in total. The topological polar surface area (TPSA) is 107 Å². The second kappa shape index (κ2) is 11.0. The highest BCUT2D eigenvalue weighted by Gasteiger charge is 2.20. The number of aromatic nitrogens is 1. The van der Waals surface area contributed by atoms with Crippen molar-refractivity contribution in [3.63, 3.8) is 0 Å². The number of likely N-dealkylation sites (tertiary alicyclic amines) is 1. The third-order valence-electron chi connectivity index (χ3n) is 5.79. The number of amides is 2. The number of hydrogen-bond acceptors (Lipinski definition) is 5. The van der Waals surface area contributed by atoms with Gasteiger partial charge in [0.25, 0.3) is 11.8 Å². The van der Waals surface area contributed by atoms with Gasteiger partial charge >= 0.3 is 0 Å². The van der Waals surface area contributed by atoms with Crippen LogP contribution in [0.3, 0.4) is 0 Å². The molecule has 1 fully saturated rings. The first kappa shape index (κ1) is 24.2. The van der Waals surface area contributed by atoms with Gasteiger partial charge in [-0.25, -0.2) is 4.98 Å². The summed E-state index contributed by atoms with van der Waals surface area (Å²) in [6, 6.07) is 15.0. The molecule has 0 bridgehead atoms. The summed E-state index contributed by atoms with van der Waals surface area (Å²) < 4.78 is 5.40. The molecule has 8 nitrogen and oxygen atoms in total. The van der Waals surface area contributed by atoms with Crippen LogP contribution >= 0.6 is 11.6 Å². The molecule has 0 aliphatic carbocycles. The highest BCUT2D eigenvalue weighted by Crippen LogP contribution is 2.30. The molecule has 9 heteroatoms. The summed E-state index contributed by atoms with van der Waals surface area (Å²) in [7, 11) is 1.47. The zero-order valence-corrected chi connectivity index (χ0v) is 20.1. The van der Waals surface area contributed by atoms with E-state index < -0.39 is 11.8 Å². The Labute approximate surface area is 208 Å². The van der Waals surface area contributed by atoms with Crippen LogP contribution in [-0.2, 0) is 0 Å². The maximum Gasteiger partial charge on any atom is 0.259 e. The summed E-state index contributed by atoms with van der Waals surface area (Å²) in [5.74, 6) is 0.282. The van der Waals surface area contributed by atoms with Gasteiger partial charge in [0, 0.05) is 30.4 Å². The fourth-order valence-corrected chi connectivity index (χ4v) is 4.03. The molecule has 0 unspecified atom stereocenters. The van der Waals surface area contributed by atoms with E-state index >= 15 is 0 Å². The molecule has 4 rings (SSSR count). The van der Waals surface area contributed by atoms with E-state index in [1.807, 2.05) is 0 Å². The number of anilines is 2. The number of hydrogen-bond donors (Lipinski definition) is 3. The maximum atomic E-state index is 13.0. The molecule has 2 amide bonds. The Morgan fingerprint density at radius 1 is 0.943 bits per heavy atom. The van der Waals surface area contributed by atoms with Gasteiger partial charge in [-0.1, -0.05) is 29.8 Å². The lowest BCUT2D eigenvalue weighted by molar-refractivity contribution is 0.102. The van der Waals surface area contributed by atoms with Crippen LogP contribution in [0.2, 0.25) is 5.02 Å². The van der Waals surface area contributed by atoms with Gasteiger partial charge in [-0.05, 0) is 55.7 Å². The molecule has 35 heavy (non-hydrogen) atoms. The van der Waals surface area contributed by atoms with E-state index in [1.54, 1.807) is 54.6 Å². The summed E-state index contributed by atoms with van der Waals surface area (Å²) in [6.07, 6.45) is 4.81. The van der Waals surface area contributed by atoms with Gasteiger partial charge in [0.1, 0.15) is 17.4 Å². The summed E-state index contributed by atoms with van der Waals surface area (Å²) in [6.45, 7) is 1.76. The van der Waals surface area contributed by atoms with Gasteiger partial charge in [-0.3, -0.25) is 15.0 Å². The minimum absolute atomic E-state index is 0.220. The molecule has 1 aliphatic rings. The standard InChI is InChI=1S/C26H26ClN5O3/c1-35-21-7-5-6-20(26(34)30-22-13-12-19(27)16-29-22)23(21)31-25(33)18-10-8-17(9-11-18)24(28)32-14-3-2-4-15-32/h5-13,16,28H,2-4,14-15H2,1H3,(H,31,33)(H,29,30,34). The summed E-state index contributed by atoms with van der Waals surface area (Å²) in [5, 5.41) is 14.4. The number of nitrogens with zero attached hydrogens (tertiary/aromatic N) is 2. The predicted octanol–water partition coefficient (Wildman–Crippen LogP) is 5.06. The van der Waals surface area contributed by atoms with Crippen LogP contribution in [0.5, 0.6) is 5.75 Å². The molecule has 0 spiro atoms. The molecule has 2 heterocycles. The maximum absolute atomic E-state index is 13.0. The normalized spacial score (nSPS) is 13.1. The Bertz CT molecular complexity index is 1220. The molecular weight excluding hydrogens is 466 g/mol. The highest BCUT2D eigenvalue weighted by atomic mass is 35.5. The summed E-state index contributed by atoms with van der Waals surface area (Å²) >= 11 is 5.86. The lowest BCUT2D eigenvalue weighted by Gasteiger charge is -2.29. The monoisotopic (exact) mass is 491 g/mol. The van der Waals surface area contributed by atoms with E-state index in [9.17, 15) is 9.59 Å². The average Bonchev–Trinajstić information content (AvgIpc) is 2.90. The molecule has 0 radical (unpaired) electrons. The van der Waals surface area contributed by atoms with E-state index in [1.165, 1.54) is 19.7 Å². The number of piperidine rings is 1. The van der Waals surface area contributed by atoms with Gasteiger partial charge < -0.3 is 20.3 Å². The molecule has 1 aliphatic heterocycles. The van der Waals surface area contributed by atoms with Gasteiger partial charge in [0.15, 0.2) is 0 Å². The Kier molecular flexibility index (Phi) is 7.62. The van der Waals surface area contributed by atoms with E-state index in [-0.39, 0.29) is 11.3 Å². The Balaban J connectivity index is 1.51. The van der Waals surface area contributed by atoms with Gasteiger partial charge in [-0.15, -0.1) is 0 Å².